The minimum absolute atomic E-state index is 0.0343. The summed E-state index contributed by atoms with van der Waals surface area (Å²) >= 11 is 5.57. The third-order valence-electron chi connectivity index (χ3n) is 3.36. The number of alkyl halides is 1. The molecule has 0 aromatic heterocycles. The molecule has 0 aliphatic carbocycles. The Morgan fingerprint density at radius 1 is 1.58 bits per heavy atom. The van der Waals surface area contributed by atoms with Crippen LogP contribution in [0.2, 0.25) is 5.02 Å². The van der Waals surface area contributed by atoms with Gasteiger partial charge in [-0.2, -0.15) is 0 Å². The second-order valence-corrected chi connectivity index (χ2v) is 5.37. The predicted molar refractivity (Wildman–Crippen MR) is 69.2 cm³/mol. The van der Waals surface area contributed by atoms with Crippen molar-refractivity contribution in [2.45, 2.75) is 31.6 Å². The maximum atomic E-state index is 13.6. The number of carbonyl (C=O) groups excluding carboxylic acids is 1. The molecular formula is C13H15ClF2N2O. The first-order valence-corrected chi connectivity index (χ1v) is 6.42. The summed E-state index contributed by atoms with van der Waals surface area (Å²) in [7, 11) is 0. The van der Waals surface area contributed by atoms with Crippen molar-refractivity contribution in [3.8, 4) is 0 Å². The van der Waals surface area contributed by atoms with E-state index in [9.17, 15) is 13.6 Å². The van der Waals surface area contributed by atoms with Crippen LogP contribution in [0.1, 0.15) is 30.1 Å². The van der Waals surface area contributed by atoms with E-state index in [1.165, 1.54) is 17.0 Å². The summed E-state index contributed by atoms with van der Waals surface area (Å²) < 4.78 is 27.0. The zero-order valence-electron chi connectivity index (χ0n) is 10.5. The van der Waals surface area contributed by atoms with Crippen molar-refractivity contribution in [3.05, 3.63) is 34.6 Å². The normalized spacial score (nSPS) is 27.4. The minimum Gasteiger partial charge on any atom is -0.336 e. The molecule has 0 saturated carbocycles. The number of carbonyl (C=O) groups is 1. The van der Waals surface area contributed by atoms with E-state index in [-0.39, 0.29) is 41.9 Å². The van der Waals surface area contributed by atoms with E-state index in [2.05, 4.69) is 0 Å². The highest BCUT2D eigenvalue weighted by molar-refractivity contribution is 6.30. The molecule has 1 amide bonds. The van der Waals surface area contributed by atoms with Gasteiger partial charge in [0.05, 0.1) is 5.02 Å². The SMILES string of the molecule is CC1CC(N)(F)CCN1C(=O)c1ccc(Cl)c(F)c1. The summed E-state index contributed by atoms with van der Waals surface area (Å²) in [5.74, 6) is -2.71. The van der Waals surface area contributed by atoms with Gasteiger partial charge in [0, 0.05) is 31.0 Å². The number of nitrogens with two attached hydrogens (primary N) is 1. The van der Waals surface area contributed by atoms with Crippen molar-refractivity contribution >= 4 is 17.5 Å². The lowest BCUT2D eigenvalue weighted by atomic mass is 9.96. The Labute approximate surface area is 115 Å². The molecule has 2 atom stereocenters. The van der Waals surface area contributed by atoms with Gasteiger partial charge in [-0.05, 0) is 25.1 Å². The molecule has 1 aliphatic rings. The zero-order valence-corrected chi connectivity index (χ0v) is 11.3. The van der Waals surface area contributed by atoms with Crippen LogP contribution in [-0.2, 0) is 0 Å². The summed E-state index contributed by atoms with van der Waals surface area (Å²) in [6.45, 7) is 1.95. The summed E-state index contributed by atoms with van der Waals surface area (Å²) in [4.78, 5) is 13.7. The molecule has 0 radical (unpaired) electrons. The number of rotatable bonds is 1. The predicted octanol–water partition coefficient (Wildman–Crippen LogP) is 2.73. The fourth-order valence-electron chi connectivity index (χ4n) is 2.33. The Balaban J connectivity index is 2.18. The number of amides is 1. The Morgan fingerprint density at radius 3 is 2.84 bits per heavy atom. The maximum Gasteiger partial charge on any atom is 0.254 e. The number of hydrogen-bond donors (Lipinski definition) is 1. The molecule has 1 aliphatic heterocycles. The quantitative estimate of drug-likeness (QED) is 0.808. The van der Waals surface area contributed by atoms with Gasteiger partial charge in [0.2, 0.25) is 0 Å². The molecule has 104 valence electrons. The first-order valence-electron chi connectivity index (χ1n) is 6.04. The van der Waals surface area contributed by atoms with E-state index in [0.29, 0.717) is 0 Å². The van der Waals surface area contributed by atoms with Crippen LogP contribution < -0.4 is 5.73 Å². The van der Waals surface area contributed by atoms with E-state index in [1.807, 2.05) is 0 Å². The molecule has 2 unspecified atom stereocenters. The van der Waals surface area contributed by atoms with Crippen LogP contribution in [0.25, 0.3) is 0 Å². The topological polar surface area (TPSA) is 46.3 Å². The number of benzene rings is 1. The Morgan fingerprint density at radius 2 is 2.26 bits per heavy atom. The third kappa shape index (κ3) is 3.04. The monoisotopic (exact) mass is 288 g/mol. The van der Waals surface area contributed by atoms with Crippen LogP contribution in [-0.4, -0.2) is 29.2 Å². The molecule has 0 bridgehead atoms. The molecular weight excluding hydrogens is 274 g/mol. The van der Waals surface area contributed by atoms with E-state index < -0.39 is 11.6 Å². The van der Waals surface area contributed by atoms with Crippen LogP contribution in [0.15, 0.2) is 18.2 Å². The molecule has 2 N–H and O–H groups in total. The first-order chi connectivity index (χ1) is 8.80. The Bertz CT molecular complexity index is 507. The number of nitrogens with zero attached hydrogens (tertiary/aromatic N) is 1. The van der Waals surface area contributed by atoms with Gasteiger partial charge in [0.15, 0.2) is 5.79 Å². The number of likely N-dealkylation sites (tertiary alicyclic amines) is 1. The van der Waals surface area contributed by atoms with Gasteiger partial charge >= 0.3 is 0 Å². The molecule has 19 heavy (non-hydrogen) atoms. The molecule has 1 saturated heterocycles. The van der Waals surface area contributed by atoms with Gasteiger partial charge in [0.25, 0.3) is 5.91 Å². The second-order valence-electron chi connectivity index (χ2n) is 4.97. The highest BCUT2D eigenvalue weighted by atomic mass is 35.5. The number of hydrogen-bond acceptors (Lipinski definition) is 2. The molecule has 2 rings (SSSR count). The highest BCUT2D eigenvalue weighted by Gasteiger charge is 2.37. The molecule has 0 spiro atoms. The second kappa shape index (κ2) is 5.06. The zero-order chi connectivity index (χ0) is 14.2. The van der Waals surface area contributed by atoms with Crippen LogP contribution in [0.4, 0.5) is 8.78 Å². The van der Waals surface area contributed by atoms with Crippen molar-refractivity contribution in [2.75, 3.05) is 6.54 Å². The fourth-order valence-corrected chi connectivity index (χ4v) is 2.44. The van der Waals surface area contributed by atoms with Gasteiger partial charge in [-0.25, -0.2) is 8.78 Å². The van der Waals surface area contributed by atoms with E-state index in [1.54, 1.807) is 6.92 Å². The van der Waals surface area contributed by atoms with Gasteiger partial charge in [-0.3, -0.25) is 10.5 Å². The molecule has 1 aromatic carbocycles. The lowest BCUT2D eigenvalue weighted by Crippen LogP contribution is -2.53. The Hall–Kier alpha value is -1.20. The maximum absolute atomic E-state index is 13.6. The molecule has 6 heteroatoms. The van der Waals surface area contributed by atoms with Crippen molar-refractivity contribution < 1.29 is 13.6 Å². The summed E-state index contributed by atoms with van der Waals surface area (Å²) in [5.41, 5.74) is 5.64. The number of piperidine rings is 1. The van der Waals surface area contributed by atoms with Crippen molar-refractivity contribution in [3.63, 3.8) is 0 Å². The standard InChI is InChI=1S/C13H15ClF2N2O/c1-8-7-13(16,17)4-5-18(8)12(19)9-2-3-10(14)11(15)6-9/h2-3,6,8H,4-5,7,17H2,1H3. The Kier molecular flexibility index (Phi) is 3.78. The lowest BCUT2D eigenvalue weighted by molar-refractivity contribution is 0.0247. The van der Waals surface area contributed by atoms with Gasteiger partial charge in [-0.15, -0.1) is 0 Å². The van der Waals surface area contributed by atoms with E-state index in [4.69, 9.17) is 17.3 Å². The van der Waals surface area contributed by atoms with E-state index >= 15 is 0 Å². The van der Waals surface area contributed by atoms with Crippen LogP contribution in [0.5, 0.6) is 0 Å². The first kappa shape index (κ1) is 14.2. The summed E-state index contributed by atoms with van der Waals surface area (Å²) in [5, 5.41) is -0.0343. The van der Waals surface area contributed by atoms with Crippen molar-refractivity contribution in [1.82, 2.24) is 4.90 Å². The summed E-state index contributed by atoms with van der Waals surface area (Å²) in [6.07, 6.45) is 0.161. The van der Waals surface area contributed by atoms with Crippen LogP contribution >= 0.6 is 11.6 Å². The van der Waals surface area contributed by atoms with Gasteiger partial charge < -0.3 is 4.90 Å². The molecule has 3 nitrogen and oxygen atoms in total. The van der Waals surface area contributed by atoms with Gasteiger partial charge in [0.1, 0.15) is 5.82 Å². The third-order valence-corrected chi connectivity index (χ3v) is 3.67. The average molecular weight is 289 g/mol. The van der Waals surface area contributed by atoms with Crippen LogP contribution in [0.3, 0.4) is 0 Å². The van der Waals surface area contributed by atoms with E-state index in [0.717, 1.165) is 6.07 Å². The molecule has 1 fully saturated rings. The number of halogens is 3. The van der Waals surface area contributed by atoms with Crippen molar-refractivity contribution in [2.24, 2.45) is 5.73 Å². The smallest absolute Gasteiger partial charge is 0.254 e. The largest absolute Gasteiger partial charge is 0.336 e. The molecule has 1 heterocycles. The minimum atomic E-state index is -1.73. The average Bonchev–Trinajstić information content (AvgIpc) is 2.31. The molecule has 1 aromatic rings. The highest BCUT2D eigenvalue weighted by Crippen LogP contribution is 2.27. The fraction of sp³-hybridized carbons (Fsp3) is 0.462. The summed E-state index contributed by atoms with van der Waals surface area (Å²) in [6, 6.07) is 3.56. The van der Waals surface area contributed by atoms with Crippen molar-refractivity contribution in [1.29, 1.82) is 0 Å². The van der Waals surface area contributed by atoms with Gasteiger partial charge in [-0.1, -0.05) is 11.6 Å². The lowest BCUT2D eigenvalue weighted by Gasteiger charge is -2.39. The van der Waals surface area contributed by atoms with Crippen LogP contribution in [0, 0.1) is 5.82 Å².